The van der Waals surface area contributed by atoms with Gasteiger partial charge in [-0.1, -0.05) is 6.92 Å². The van der Waals surface area contributed by atoms with E-state index in [4.69, 9.17) is 4.42 Å². The predicted molar refractivity (Wildman–Crippen MR) is 73.4 cm³/mol. The smallest absolute Gasteiger partial charge is 0.233 e. The lowest BCUT2D eigenvalue weighted by Crippen LogP contribution is -2.30. The number of thioether (sulfide) groups is 2. The van der Waals surface area contributed by atoms with Crippen molar-refractivity contribution in [2.45, 2.75) is 18.7 Å². The van der Waals surface area contributed by atoms with Crippen molar-refractivity contribution < 1.29 is 9.21 Å². The molecular weight excluding hydrogens is 254 g/mol. The van der Waals surface area contributed by atoms with Crippen LogP contribution in [0.5, 0.6) is 0 Å². The van der Waals surface area contributed by atoms with Crippen LogP contribution >= 0.6 is 23.5 Å². The molecule has 3 nitrogen and oxygen atoms in total. The van der Waals surface area contributed by atoms with Crippen molar-refractivity contribution in [3.8, 4) is 0 Å². The normalized spacial score (nSPS) is 20.2. The minimum atomic E-state index is 0.0787. The molecule has 2 rings (SSSR count). The molecule has 1 aromatic rings. The first kappa shape index (κ1) is 12.9. The Hall–Kier alpha value is -0.550. The Balaban J connectivity index is 2.10. The van der Waals surface area contributed by atoms with Crippen LogP contribution in [0.15, 0.2) is 16.5 Å². The van der Waals surface area contributed by atoms with E-state index >= 15 is 0 Å². The van der Waals surface area contributed by atoms with E-state index in [1.807, 2.05) is 17.0 Å². The third-order valence-corrected chi connectivity index (χ3v) is 4.59. The Morgan fingerprint density at radius 1 is 1.59 bits per heavy atom. The second-order valence-electron chi connectivity index (χ2n) is 3.90. The third kappa shape index (κ3) is 2.83. The van der Waals surface area contributed by atoms with E-state index in [0.717, 1.165) is 30.2 Å². The van der Waals surface area contributed by atoms with Gasteiger partial charge in [0.2, 0.25) is 5.91 Å². The minimum Gasteiger partial charge on any atom is -0.463 e. The molecule has 1 atom stereocenters. The molecule has 1 saturated heterocycles. The number of aryl methyl sites for hydroxylation is 1. The van der Waals surface area contributed by atoms with Crippen LogP contribution in [0.3, 0.4) is 0 Å². The van der Waals surface area contributed by atoms with Crippen LogP contribution in [0.2, 0.25) is 0 Å². The molecule has 2 heterocycles. The summed E-state index contributed by atoms with van der Waals surface area (Å²) in [4.78, 5) is 13.7. The van der Waals surface area contributed by atoms with Crippen LogP contribution in [0, 0.1) is 0 Å². The number of carbonyl (C=O) groups excluding carboxylic acids is 1. The molecule has 5 heteroatoms. The zero-order valence-corrected chi connectivity index (χ0v) is 11.8. The van der Waals surface area contributed by atoms with Crippen molar-refractivity contribution in [1.29, 1.82) is 0 Å². The molecule has 17 heavy (non-hydrogen) atoms. The fourth-order valence-electron chi connectivity index (χ4n) is 1.84. The summed E-state index contributed by atoms with van der Waals surface area (Å²) >= 11 is 3.42. The third-order valence-electron chi connectivity index (χ3n) is 2.78. The zero-order valence-electron chi connectivity index (χ0n) is 10.1. The van der Waals surface area contributed by atoms with Crippen molar-refractivity contribution in [3.05, 3.63) is 23.7 Å². The lowest BCUT2D eigenvalue weighted by atomic mass is 10.3. The van der Waals surface area contributed by atoms with Crippen LogP contribution in [-0.2, 0) is 11.2 Å². The summed E-state index contributed by atoms with van der Waals surface area (Å²) < 4.78 is 5.75. The Labute approximate surface area is 110 Å². The standard InChI is InChI=1S/C12H17NO2S2/c1-3-9-4-5-10(15-9)12-13(6-7-16-2)11(14)8-17-12/h4-5,12H,3,6-8H2,1-2H3. The van der Waals surface area contributed by atoms with Gasteiger partial charge in [-0.3, -0.25) is 4.79 Å². The Bertz CT molecular complexity index is 392. The van der Waals surface area contributed by atoms with Gasteiger partial charge in [-0.2, -0.15) is 11.8 Å². The molecule has 1 aliphatic rings. The number of carbonyl (C=O) groups is 1. The number of hydrogen-bond acceptors (Lipinski definition) is 4. The van der Waals surface area contributed by atoms with Crippen LogP contribution in [0.1, 0.15) is 23.8 Å². The maximum atomic E-state index is 11.8. The van der Waals surface area contributed by atoms with Crippen molar-refractivity contribution in [2.75, 3.05) is 24.3 Å². The van der Waals surface area contributed by atoms with Crippen LogP contribution in [-0.4, -0.2) is 35.1 Å². The number of hydrogen-bond donors (Lipinski definition) is 0. The molecule has 0 spiro atoms. The van der Waals surface area contributed by atoms with Gasteiger partial charge in [-0.25, -0.2) is 0 Å². The number of furan rings is 1. The van der Waals surface area contributed by atoms with E-state index in [1.54, 1.807) is 23.5 Å². The highest BCUT2D eigenvalue weighted by Crippen LogP contribution is 2.39. The monoisotopic (exact) mass is 271 g/mol. The highest BCUT2D eigenvalue weighted by atomic mass is 32.2. The molecule has 1 aliphatic heterocycles. The molecule has 1 fully saturated rings. The predicted octanol–water partition coefficient (Wildman–Crippen LogP) is 2.78. The van der Waals surface area contributed by atoms with Crippen molar-refractivity contribution in [3.63, 3.8) is 0 Å². The summed E-state index contributed by atoms with van der Waals surface area (Å²) in [5, 5.41) is 0.0787. The summed E-state index contributed by atoms with van der Waals surface area (Å²) in [5.74, 6) is 3.68. The van der Waals surface area contributed by atoms with Crippen LogP contribution < -0.4 is 0 Å². The molecule has 0 aromatic carbocycles. The largest absolute Gasteiger partial charge is 0.463 e. The first-order chi connectivity index (χ1) is 8.26. The maximum Gasteiger partial charge on any atom is 0.233 e. The van der Waals surface area contributed by atoms with Gasteiger partial charge in [0, 0.05) is 18.7 Å². The summed E-state index contributed by atoms with van der Waals surface area (Å²) in [6.45, 7) is 2.88. The molecule has 1 unspecified atom stereocenters. The van der Waals surface area contributed by atoms with Crippen molar-refractivity contribution in [1.82, 2.24) is 4.90 Å². The fourth-order valence-corrected chi connectivity index (χ4v) is 3.38. The molecule has 0 saturated carbocycles. The van der Waals surface area contributed by atoms with Gasteiger partial charge in [0.05, 0.1) is 5.75 Å². The average Bonchev–Trinajstić information content (AvgIpc) is 2.93. The Morgan fingerprint density at radius 3 is 3.06 bits per heavy atom. The van der Waals surface area contributed by atoms with Gasteiger partial charge in [0.25, 0.3) is 0 Å². The first-order valence-electron chi connectivity index (χ1n) is 5.75. The summed E-state index contributed by atoms with van der Waals surface area (Å²) in [6, 6.07) is 4.01. The van der Waals surface area contributed by atoms with E-state index in [1.165, 1.54) is 0 Å². The summed E-state index contributed by atoms with van der Waals surface area (Å²) in [5.41, 5.74) is 0. The van der Waals surface area contributed by atoms with Crippen molar-refractivity contribution >= 4 is 29.4 Å². The number of rotatable bonds is 5. The summed E-state index contributed by atoms with van der Waals surface area (Å²) in [6.07, 6.45) is 2.96. The molecule has 0 radical (unpaired) electrons. The van der Waals surface area contributed by atoms with E-state index in [2.05, 4.69) is 13.2 Å². The molecule has 0 N–H and O–H groups in total. The van der Waals surface area contributed by atoms with E-state index in [9.17, 15) is 4.79 Å². The quantitative estimate of drug-likeness (QED) is 0.824. The van der Waals surface area contributed by atoms with E-state index < -0.39 is 0 Å². The lowest BCUT2D eigenvalue weighted by Gasteiger charge is -2.21. The minimum absolute atomic E-state index is 0.0787. The first-order valence-corrected chi connectivity index (χ1v) is 8.19. The highest BCUT2D eigenvalue weighted by Gasteiger charge is 2.34. The number of nitrogens with zero attached hydrogens (tertiary/aromatic N) is 1. The zero-order chi connectivity index (χ0) is 12.3. The topological polar surface area (TPSA) is 33.5 Å². The van der Waals surface area contributed by atoms with Gasteiger partial charge in [0.1, 0.15) is 16.9 Å². The van der Waals surface area contributed by atoms with Gasteiger partial charge in [0.15, 0.2) is 0 Å². The molecule has 94 valence electrons. The Morgan fingerprint density at radius 2 is 2.41 bits per heavy atom. The van der Waals surface area contributed by atoms with E-state index in [0.29, 0.717) is 5.75 Å². The van der Waals surface area contributed by atoms with E-state index in [-0.39, 0.29) is 11.3 Å². The molecule has 0 aliphatic carbocycles. The van der Waals surface area contributed by atoms with Crippen LogP contribution in [0.4, 0.5) is 0 Å². The van der Waals surface area contributed by atoms with Gasteiger partial charge in [-0.05, 0) is 18.4 Å². The number of amides is 1. The average molecular weight is 271 g/mol. The molecular formula is C12H17NO2S2. The molecule has 1 amide bonds. The highest BCUT2D eigenvalue weighted by molar-refractivity contribution is 8.00. The van der Waals surface area contributed by atoms with Crippen molar-refractivity contribution in [2.24, 2.45) is 0 Å². The molecule has 1 aromatic heterocycles. The van der Waals surface area contributed by atoms with Gasteiger partial charge < -0.3 is 9.32 Å². The van der Waals surface area contributed by atoms with Crippen LogP contribution in [0.25, 0.3) is 0 Å². The Kier molecular flexibility index (Phi) is 4.45. The second-order valence-corrected chi connectivity index (χ2v) is 5.96. The van der Waals surface area contributed by atoms with Gasteiger partial charge in [-0.15, -0.1) is 11.8 Å². The SMILES string of the molecule is CCc1ccc(C2SCC(=O)N2CCSC)o1. The molecule has 0 bridgehead atoms. The summed E-state index contributed by atoms with van der Waals surface area (Å²) in [7, 11) is 0. The lowest BCUT2D eigenvalue weighted by molar-refractivity contribution is -0.128. The maximum absolute atomic E-state index is 11.8. The fraction of sp³-hybridized carbons (Fsp3) is 0.583. The van der Waals surface area contributed by atoms with Gasteiger partial charge >= 0.3 is 0 Å². The second kappa shape index (κ2) is 5.87.